The van der Waals surface area contributed by atoms with Gasteiger partial charge in [0.05, 0.1) is 12.2 Å². The lowest BCUT2D eigenvalue weighted by atomic mass is 9.67. The zero-order valence-electron chi connectivity index (χ0n) is 12.1. The predicted octanol–water partition coefficient (Wildman–Crippen LogP) is 3.47. The highest BCUT2D eigenvalue weighted by Gasteiger charge is 2.55. The zero-order valence-corrected chi connectivity index (χ0v) is 12.1. The number of allylic oxidation sites excluding steroid dienone is 2. The maximum absolute atomic E-state index is 9.18. The highest BCUT2D eigenvalue weighted by molar-refractivity contribution is 5.33. The first-order valence-electron chi connectivity index (χ1n) is 7.01. The average Bonchev–Trinajstić information content (AvgIpc) is 2.62. The van der Waals surface area contributed by atoms with Crippen molar-refractivity contribution in [3.8, 4) is 0 Å². The van der Waals surface area contributed by atoms with E-state index >= 15 is 0 Å². The van der Waals surface area contributed by atoms with E-state index in [0.29, 0.717) is 5.92 Å². The number of aliphatic hydroxyl groups is 1. The molecule has 2 heteroatoms. The zero-order chi connectivity index (χ0) is 13.4. The van der Waals surface area contributed by atoms with Crippen LogP contribution in [-0.4, -0.2) is 24.4 Å². The fourth-order valence-corrected chi connectivity index (χ4v) is 3.71. The van der Waals surface area contributed by atoms with Crippen molar-refractivity contribution in [1.29, 1.82) is 0 Å². The molecule has 2 atom stereocenters. The van der Waals surface area contributed by atoms with E-state index in [-0.39, 0.29) is 17.6 Å². The van der Waals surface area contributed by atoms with Gasteiger partial charge >= 0.3 is 0 Å². The molecule has 0 aromatic rings. The topological polar surface area (TPSA) is 29.5 Å². The molecule has 0 bridgehead atoms. The second-order valence-corrected chi connectivity index (χ2v) is 6.35. The van der Waals surface area contributed by atoms with Gasteiger partial charge in [0.25, 0.3) is 0 Å². The Morgan fingerprint density at radius 2 is 2.06 bits per heavy atom. The fourth-order valence-electron chi connectivity index (χ4n) is 3.71. The van der Waals surface area contributed by atoms with Gasteiger partial charge in [-0.1, -0.05) is 32.9 Å². The molecule has 1 N–H and O–H groups in total. The molecule has 0 aromatic carbocycles. The van der Waals surface area contributed by atoms with Gasteiger partial charge in [0.15, 0.2) is 0 Å². The van der Waals surface area contributed by atoms with Crippen LogP contribution in [0.5, 0.6) is 0 Å². The van der Waals surface area contributed by atoms with Crippen LogP contribution in [0, 0.1) is 11.3 Å². The number of aliphatic hydroxyl groups excluding tert-OH is 1. The number of rotatable bonds is 3. The van der Waals surface area contributed by atoms with Crippen molar-refractivity contribution in [3.05, 3.63) is 23.3 Å². The highest BCUT2D eigenvalue weighted by Crippen LogP contribution is 2.56. The monoisotopic (exact) mass is 250 g/mol. The van der Waals surface area contributed by atoms with Gasteiger partial charge in [0, 0.05) is 12.5 Å². The van der Waals surface area contributed by atoms with Crippen molar-refractivity contribution in [3.63, 3.8) is 0 Å². The van der Waals surface area contributed by atoms with Crippen molar-refractivity contribution in [2.24, 2.45) is 11.3 Å². The van der Waals surface area contributed by atoms with E-state index < -0.39 is 0 Å². The molecule has 0 radical (unpaired) electrons. The maximum Gasteiger partial charge on any atom is 0.0944 e. The van der Waals surface area contributed by atoms with Gasteiger partial charge < -0.3 is 9.84 Å². The first-order chi connectivity index (χ1) is 8.48. The summed E-state index contributed by atoms with van der Waals surface area (Å²) < 4.78 is 6.03. The third-order valence-corrected chi connectivity index (χ3v) is 5.49. The van der Waals surface area contributed by atoms with E-state index in [1.807, 2.05) is 7.11 Å². The third-order valence-electron chi connectivity index (χ3n) is 5.49. The van der Waals surface area contributed by atoms with Crippen LogP contribution >= 0.6 is 0 Å². The quantitative estimate of drug-likeness (QED) is 0.777. The van der Waals surface area contributed by atoms with E-state index in [1.165, 1.54) is 12.0 Å². The molecule has 1 fully saturated rings. The van der Waals surface area contributed by atoms with Crippen molar-refractivity contribution in [2.75, 3.05) is 13.7 Å². The minimum Gasteiger partial charge on any atom is -0.392 e. The minimum absolute atomic E-state index is 0.107. The Bertz CT molecular complexity index is 379. The first kappa shape index (κ1) is 13.8. The molecule has 0 heterocycles. The molecule has 0 aliphatic heterocycles. The van der Waals surface area contributed by atoms with Crippen LogP contribution in [0.4, 0.5) is 0 Å². The number of hydrogen-bond donors (Lipinski definition) is 1. The first-order valence-corrected chi connectivity index (χ1v) is 7.01. The lowest BCUT2D eigenvalue weighted by Crippen LogP contribution is -2.46. The summed E-state index contributed by atoms with van der Waals surface area (Å²) in [5, 5.41) is 9.18. The van der Waals surface area contributed by atoms with Gasteiger partial charge in [0.1, 0.15) is 0 Å². The van der Waals surface area contributed by atoms with Gasteiger partial charge in [-0.25, -0.2) is 0 Å². The number of ether oxygens (including phenoxy) is 1. The van der Waals surface area contributed by atoms with Crippen molar-refractivity contribution >= 4 is 0 Å². The second kappa shape index (κ2) is 4.82. The van der Waals surface area contributed by atoms with Crippen LogP contribution in [0.3, 0.4) is 0 Å². The largest absolute Gasteiger partial charge is 0.392 e. The Morgan fingerprint density at radius 1 is 1.33 bits per heavy atom. The van der Waals surface area contributed by atoms with Crippen LogP contribution in [0.2, 0.25) is 0 Å². The van der Waals surface area contributed by atoms with E-state index in [1.54, 1.807) is 0 Å². The van der Waals surface area contributed by atoms with Crippen LogP contribution in [-0.2, 0) is 4.74 Å². The molecule has 2 aliphatic rings. The van der Waals surface area contributed by atoms with Gasteiger partial charge in [-0.05, 0) is 42.7 Å². The highest BCUT2D eigenvalue weighted by atomic mass is 16.5. The van der Waals surface area contributed by atoms with Gasteiger partial charge in [-0.2, -0.15) is 0 Å². The molecule has 102 valence electrons. The molecule has 2 nitrogen and oxygen atoms in total. The van der Waals surface area contributed by atoms with Crippen molar-refractivity contribution in [2.45, 2.75) is 52.1 Å². The summed E-state index contributed by atoms with van der Waals surface area (Å²) in [5.41, 5.74) is 2.62. The van der Waals surface area contributed by atoms with Gasteiger partial charge in [0.2, 0.25) is 0 Å². The lowest BCUT2D eigenvalue weighted by Gasteiger charge is -2.45. The molecule has 0 amide bonds. The summed E-state index contributed by atoms with van der Waals surface area (Å²) in [6.45, 7) is 7.18. The van der Waals surface area contributed by atoms with Crippen LogP contribution < -0.4 is 0 Å². The molecular formula is C16H26O2. The smallest absolute Gasteiger partial charge is 0.0944 e. The summed E-state index contributed by atoms with van der Waals surface area (Å²) in [4.78, 5) is 0. The Balaban J connectivity index is 2.28. The standard InChI is InChI=1S/C16H26O2/c1-12-9-10-16(18-4,15(12,2)3)14-7-5-13(11-17)6-8-14/h5,8,12,17H,6-7,9-11H2,1-4H3. The summed E-state index contributed by atoms with van der Waals surface area (Å²) in [6, 6.07) is 0. The molecule has 2 rings (SSSR count). The fraction of sp³-hybridized carbons (Fsp3) is 0.750. The van der Waals surface area contributed by atoms with Crippen molar-refractivity contribution < 1.29 is 9.84 Å². The molecule has 2 aliphatic carbocycles. The SMILES string of the molecule is COC1(C2=CCC(CO)=CC2)CCC(C)C1(C)C. The summed E-state index contributed by atoms with van der Waals surface area (Å²) in [5.74, 6) is 0.682. The van der Waals surface area contributed by atoms with Crippen LogP contribution in [0.25, 0.3) is 0 Å². The Hall–Kier alpha value is -0.600. The maximum atomic E-state index is 9.18. The summed E-state index contributed by atoms with van der Waals surface area (Å²) in [7, 11) is 1.85. The normalized spacial score (nSPS) is 35.3. The van der Waals surface area contributed by atoms with Crippen molar-refractivity contribution in [1.82, 2.24) is 0 Å². The molecule has 0 saturated heterocycles. The summed E-state index contributed by atoms with van der Waals surface area (Å²) in [6.07, 6.45) is 8.62. The molecule has 2 unspecified atom stereocenters. The summed E-state index contributed by atoms with van der Waals surface area (Å²) >= 11 is 0. The number of hydrogen-bond acceptors (Lipinski definition) is 2. The third kappa shape index (κ3) is 1.86. The van der Waals surface area contributed by atoms with E-state index in [9.17, 15) is 5.11 Å². The molecule has 18 heavy (non-hydrogen) atoms. The second-order valence-electron chi connectivity index (χ2n) is 6.35. The van der Waals surface area contributed by atoms with E-state index in [2.05, 4.69) is 32.9 Å². The lowest BCUT2D eigenvalue weighted by molar-refractivity contribution is -0.0616. The van der Waals surface area contributed by atoms with Gasteiger partial charge in [-0.15, -0.1) is 0 Å². The van der Waals surface area contributed by atoms with Crippen LogP contribution in [0.1, 0.15) is 46.5 Å². The predicted molar refractivity (Wildman–Crippen MR) is 74.4 cm³/mol. The molecule has 0 spiro atoms. The molecule has 1 saturated carbocycles. The Kier molecular flexibility index (Phi) is 3.70. The molecule has 0 aromatic heterocycles. The number of methoxy groups -OCH3 is 1. The minimum atomic E-state index is -0.107. The van der Waals surface area contributed by atoms with Gasteiger partial charge in [-0.3, -0.25) is 0 Å². The van der Waals surface area contributed by atoms with E-state index in [4.69, 9.17) is 4.74 Å². The Morgan fingerprint density at radius 3 is 2.44 bits per heavy atom. The van der Waals surface area contributed by atoms with Crippen LogP contribution in [0.15, 0.2) is 23.3 Å². The molecular weight excluding hydrogens is 224 g/mol. The Labute approximate surface area is 111 Å². The van der Waals surface area contributed by atoms with E-state index in [0.717, 1.165) is 24.8 Å². The average molecular weight is 250 g/mol.